The molecule has 1 aliphatic heterocycles. The molecule has 0 unspecified atom stereocenters. The summed E-state index contributed by atoms with van der Waals surface area (Å²) in [6.07, 6.45) is 2.58. The summed E-state index contributed by atoms with van der Waals surface area (Å²) in [5.74, 6) is -0.496. The Morgan fingerprint density at radius 3 is 2.29 bits per heavy atom. The molecule has 0 bridgehead atoms. The number of carbonyl (C=O) groups is 1. The van der Waals surface area contributed by atoms with Crippen LogP contribution in [-0.4, -0.2) is 70.7 Å². The van der Waals surface area contributed by atoms with E-state index in [0.717, 1.165) is 23.6 Å². The number of sulfonamides is 2. The average molecular weight is 510 g/mol. The summed E-state index contributed by atoms with van der Waals surface area (Å²) in [5, 5.41) is 2.67. The molecule has 9 nitrogen and oxygen atoms in total. The van der Waals surface area contributed by atoms with E-state index in [9.17, 15) is 21.6 Å². The number of ether oxygens (including phenoxy) is 1. The van der Waals surface area contributed by atoms with Gasteiger partial charge in [0.25, 0.3) is 0 Å². The number of anilines is 1. The first kappa shape index (κ1) is 26.3. The van der Waals surface area contributed by atoms with Crippen LogP contribution in [0.1, 0.15) is 26.2 Å². The summed E-state index contributed by atoms with van der Waals surface area (Å²) in [6.45, 7) is 1.98. The maximum absolute atomic E-state index is 13.3. The topological polar surface area (TPSA) is 113 Å². The molecule has 2 aromatic carbocycles. The summed E-state index contributed by atoms with van der Waals surface area (Å²) in [7, 11) is -6.35. The van der Waals surface area contributed by atoms with Crippen LogP contribution >= 0.6 is 0 Å². The molecule has 0 saturated carbocycles. The second kappa shape index (κ2) is 11.4. The van der Waals surface area contributed by atoms with E-state index < -0.39 is 32.5 Å². The molecule has 3 rings (SSSR count). The molecule has 0 aromatic heterocycles. The lowest BCUT2D eigenvalue weighted by Gasteiger charge is -2.32. The highest BCUT2D eigenvalue weighted by molar-refractivity contribution is 7.89. The van der Waals surface area contributed by atoms with Crippen molar-refractivity contribution in [3.63, 3.8) is 0 Å². The number of rotatable bonds is 10. The van der Waals surface area contributed by atoms with E-state index in [-0.39, 0.29) is 29.0 Å². The van der Waals surface area contributed by atoms with Crippen molar-refractivity contribution < 1.29 is 26.4 Å². The predicted molar refractivity (Wildman–Crippen MR) is 129 cm³/mol. The van der Waals surface area contributed by atoms with Gasteiger partial charge in [-0.2, -0.15) is 8.61 Å². The molecule has 34 heavy (non-hydrogen) atoms. The smallest absolute Gasteiger partial charge is 0.243 e. The lowest BCUT2D eigenvalue weighted by Crippen LogP contribution is -2.42. The molecule has 1 amide bonds. The van der Waals surface area contributed by atoms with Crippen LogP contribution in [0.2, 0.25) is 0 Å². The van der Waals surface area contributed by atoms with Crippen molar-refractivity contribution in [2.24, 2.45) is 0 Å². The average Bonchev–Trinajstić information content (AvgIpc) is 2.82. The lowest BCUT2D eigenvalue weighted by molar-refractivity contribution is -0.116. The van der Waals surface area contributed by atoms with Gasteiger partial charge in [-0.3, -0.25) is 4.79 Å². The van der Waals surface area contributed by atoms with Crippen molar-refractivity contribution in [2.45, 2.75) is 42.0 Å². The van der Waals surface area contributed by atoms with Crippen LogP contribution in [0.15, 0.2) is 64.4 Å². The maximum atomic E-state index is 13.3. The zero-order chi connectivity index (χ0) is 24.8. The Morgan fingerprint density at radius 2 is 1.68 bits per heavy atom. The van der Waals surface area contributed by atoms with Crippen LogP contribution in [0.4, 0.5) is 5.69 Å². The van der Waals surface area contributed by atoms with Crippen LogP contribution in [-0.2, 0) is 29.6 Å². The largest absolute Gasteiger partial charge is 0.383 e. The van der Waals surface area contributed by atoms with Gasteiger partial charge in [0, 0.05) is 31.9 Å². The van der Waals surface area contributed by atoms with E-state index in [1.807, 2.05) is 6.92 Å². The lowest BCUT2D eigenvalue weighted by atomic mass is 10.1. The molecule has 0 radical (unpaired) electrons. The third-order valence-electron chi connectivity index (χ3n) is 5.73. The molecule has 1 N–H and O–H groups in total. The van der Waals surface area contributed by atoms with Crippen LogP contribution in [0.25, 0.3) is 0 Å². The van der Waals surface area contributed by atoms with Gasteiger partial charge in [0.1, 0.15) is 0 Å². The molecule has 0 spiro atoms. The molecule has 1 fully saturated rings. The van der Waals surface area contributed by atoms with Crippen LogP contribution in [0.3, 0.4) is 0 Å². The number of hydrogen-bond donors (Lipinski definition) is 1. The minimum absolute atomic E-state index is 0.0353. The second-order valence-electron chi connectivity index (χ2n) is 8.18. The minimum Gasteiger partial charge on any atom is -0.383 e. The molecular formula is C23H31N3O6S2. The number of amides is 1. The minimum atomic E-state index is -4.07. The Kier molecular flexibility index (Phi) is 8.83. The number of piperidine rings is 1. The summed E-state index contributed by atoms with van der Waals surface area (Å²) < 4.78 is 60.2. The first-order valence-corrected chi connectivity index (χ1v) is 14.0. The van der Waals surface area contributed by atoms with E-state index in [2.05, 4.69) is 5.32 Å². The van der Waals surface area contributed by atoms with Gasteiger partial charge in [0.05, 0.1) is 22.9 Å². The Morgan fingerprint density at radius 1 is 1.03 bits per heavy atom. The van der Waals surface area contributed by atoms with Gasteiger partial charge in [-0.05, 0) is 56.2 Å². The Balaban J connectivity index is 1.80. The highest BCUT2D eigenvalue weighted by Gasteiger charge is 2.32. The van der Waals surface area contributed by atoms with E-state index in [1.54, 1.807) is 30.3 Å². The third-order valence-corrected chi connectivity index (χ3v) is 9.62. The van der Waals surface area contributed by atoms with Gasteiger partial charge in [-0.15, -0.1) is 0 Å². The molecule has 1 heterocycles. The number of nitrogens with one attached hydrogen (secondary N) is 1. The van der Waals surface area contributed by atoms with E-state index in [1.165, 1.54) is 35.7 Å². The highest BCUT2D eigenvalue weighted by atomic mass is 32.2. The van der Waals surface area contributed by atoms with Crippen LogP contribution in [0.5, 0.6) is 0 Å². The van der Waals surface area contributed by atoms with Gasteiger partial charge in [0.2, 0.25) is 26.0 Å². The molecule has 11 heteroatoms. The summed E-state index contributed by atoms with van der Waals surface area (Å²) in [6, 6.07) is 13.8. The fourth-order valence-corrected chi connectivity index (χ4v) is 6.94. The fourth-order valence-electron chi connectivity index (χ4n) is 3.86. The zero-order valence-corrected chi connectivity index (χ0v) is 21.0. The van der Waals surface area contributed by atoms with E-state index >= 15 is 0 Å². The second-order valence-corrected chi connectivity index (χ2v) is 12.0. The normalized spacial score (nSPS) is 17.6. The van der Waals surface area contributed by atoms with Gasteiger partial charge in [-0.1, -0.05) is 24.6 Å². The van der Waals surface area contributed by atoms with Crippen molar-refractivity contribution in [2.75, 3.05) is 38.7 Å². The molecular weight excluding hydrogens is 478 g/mol. The SMILES string of the molecule is COCCN(CC(=O)Nc1ccccc1)S(=O)(=O)c1ccc(S(=O)(=O)N2CCCC[C@@H]2C)cc1. The number of methoxy groups -OCH3 is 1. The van der Waals surface area contributed by atoms with Gasteiger partial charge in [-0.25, -0.2) is 16.8 Å². The summed E-state index contributed by atoms with van der Waals surface area (Å²) in [5.41, 5.74) is 0.554. The highest BCUT2D eigenvalue weighted by Crippen LogP contribution is 2.26. The zero-order valence-electron chi connectivity index (χ0n) is 19.4. The van der Waals surface area contributed by atoms with Crippen molar-refractivity contribution in [1.82, 2.24) is 8.61 Å². The number of carbonyl (C=O) groups excluding carboxylic acids is 1. The predicted octanol–water partition coefficient (Wildman–Crippen LogP) is 2.53. The Hall–Kier alpha value is -2.31. The van der Waals surface area contributed by atoms with E-state index in [4.69, 9.17) is 4.74 Å². The Labute approximate surface area is 201 Å². The van der Waals surface area contributed by atoms with Crippen LogP contribution < -0.4 is 5.32 Å². The van der Waals surface area contributed by atoms with Crippen molar-refractivity contribution in [1.29, 1.82) is 0 Å². The quantitative estimate of drug-likeness (QED) is 0.527. The van der Waals surface area contributed by atoms with Crippen molar-refractivity contribution >= 4 is 31.6 Å². The molecule has 1 saturated heterocycles. The van der Waals surface area contributed by atoms with Crippen molar-refractivity contribution in [3.05, 3.63) is 54.6 Å². The first-order valence-electron chi connectivity index (χ1n) is 11.1. The number of nitrogens with zero attached hydrogens (tertiary/aromatic N) is 2. The summed E-state index contributed by atoms with van der Waals surface area (Å²) in [4.78, 5) is 12.5. The molecule has 0 aliphatic carbocycles. The number of benzene rings is 2. The standard InChI is InChI=1S/C23H31N3O6S2/c1-19-8-6-7-15-26(19)34(30,31)22-13-11-21(12-14-22)33(28,29)25(16-17-32-2)18-23(27)24-20-9-4-3-5-10-20/h3-5,9-14,19H,6-8,15-18H2,1-2H3,(H,24,27)/t19-/m0/s1. The molecule has 1 aliphatic rings. The number of hydrogen-bond acceptors (Lipinski definition) is 6. The monoisotopic (exact) mass is 509 g/mol. The van der Waals surface area contributed by atoms with Crippen LogP contribution in [0, 0.1) is 0 Å². The molecule has 186 valence electrons. The fraction of sp³-hybridized carbons (Fsp3) is 0.435. The Bertz CT molecular complexity index is 1170. The summed E-state index contributed by atoms with van der Waals surface area (Å²) >= 11 is 0. The number of para-hydroxylation sites is 1. The van der Waals surface area contributed by atoms with Gasteiger partial charge in [0.15, 0.2) is 0 Å². The maximum Gasteiger partial charge on any atom is 0.243 e. The van der Waals surface area contributed by atoms with E-state index in [0.29, 0.717) is 12.2 Å². The third kappa shape index (κ3) is 6.22. The molecule has 1 atom stereocenters. The van der Waals surface area contributed by atoms with Gasteiger partial charge >= 0.3 is 0 Å². The van der Waals surface area contributed by atoms with Gasteiger partial charge < -0.3 is 10.1 Å². The first-order chi connectivity index (χ1) is 16.2. The molecule has 2 aromatic rings. The van der Waals surface area contributed by atoms with Crippen molar-refractivity contribution in [3.8, 4) is 0 Å².